The van der Waals surface area contributed by atoms with Gasteiger partial charge in [-0.3, -0.25) is 14.6 Å². The summed E-state index contributed by atoms with van der Waals surface area (Å²) in [6.07, 6.45) is 6.58. The Labute approximate surface area is 164 Å². The van der Waals surface area contributed by atoms with Gasteiger partial charge in [-0.25, -0.2) is 4.98 Å². The van der Waals surface area contributed by atoms with Crippen LogP contribution in [-0.2, 0) is 34.2 Å². The minimum atomic E-state index is -0.205. The van der Waals surface area contributed by atoms with Gasteiger partial charge in [-0.1, -0.05) is 13.0 Å². The summed E-state index contributed by atoms with van der Waals surface area (Å²) in [5.74, 6) is 0.584. The Bertz CT molecular complexity index is 818. The van der Waals surface area contributed by atoms with E-state index in [-0.39, 0.29) is 36.8 Å². The summed E-state index contributed by atoms with van der Waals surface area (Å²) < 4.78 is 6.84. The van der Waals surface area contributed by atoms with E-state index >= 15 is 0 Å². The standard InChI is InChI=1S/C20H27N5O3/c1-4-14-5-6-15(22-10-14)9-19(27)25-11-16(20-21-7-8-24(20)2)17(12-25)23-18(26)13-28-3/h5-8,10,16-17H,4,9,11-13H2,1-3H3,(H,23,26)/t16-,17-/m1/s1. The molecule has 1 saturated heterocycles. The Morgan fingerprint density at radius 1 is 1.29 bits per heavy atom. The van der Waals surface area contributed by atoms with Crippen LogP contribution >= 0.6 is 0 Å². The van der Waals surface area contributed by atoms with E-state index in [1.165, 1.54) is 7.11 Å². The first-order valence-electron chi connectivity index (χ1n) is 9.49. The molecule has 28 heavy (non-hydrogen) atoms. The second-order valence-corrected chi connectivity index (χ2v) is 7.10. The van der Waals surface area contributed by atoms with Crippen LogP contribution in [0.25, 0.3) is 0 Å². The van der Waals surface area contributed by atoms with Crippen LogP contribution in [0.1, 0.15) is 29.9 Å². The normalized spacial score (nSPS) is 19.0. The molecule has 2 aromatic rings. The zero-order chi connectivity index (χ0) is 20.1. The fourth-order valence-corrected chi connectivity index (χ4v) is 3.56. The summed E-state index contributed by atoms with van der Waals surface area (Å²) in [4.78, 5) is 35.5. The van der Waals surface area contributed by atoms with Crippen molar-refractivity contribution in [1.29, 1.82) is 0 Å². The molecular weight excluding hydrogens is 358 g/mol. The third-order valence-electron chi connectivity index (χ3n) is 5.11. The van der Waals surface area contributed by atoms with E-state index < -0.39 is 0 Å². The lowest BCUT2D eigenvalue weighted by Gasteiger charge is -2.19. The van der Waals surface area contributed by atoms with Gasteiger partial charge >= 0.3 is 0 Å². The van der Waals surface area contributed by atoms with E-state index in [0.717, 1.165) is 23.5 Å². The Morgan fingerprint density at radius 2 is 2.11 bits per heavy atom. The number of likely N-dealkylation sites (tertiary alicyclic amines) is 1. The van der Waals surface area contributed by atoms with Crippen LogP contribution in [0.4, 0.5) is 0 Å². The molecule has 2 amide bonds. The molecule has 0 aromatic carbocycles. The molecular formula is C20H27N5O3. The maximum atomic E-state index is 12.8. The van der Waals surface area contributed by atoms with Crippen molar-refractivity contribution < 1.29 is 14.3 Å². The maximum absolute atomic E-state index is 12.8. The molecule has 0 unspecified atom stereocenters. The van der Waals surface area contributed by atoms with E-state index in [1.54, 1.807) is 11.1 Å². The Hall–Kier alpha value is -2.74. The number of carbonyl (C=O) groups is 2. The number of rotatable bonds is 7. The molecule has 0 spiro atoms. The average Bonchev–Trinajstić information content (AvgIpc) is 3.28. The smallest absolute Gasteiger partial charge is 0.246 e. The minimum Gasteiger partial charge on any atom is -0.375 e. The predicted molar refractivity (Wildman–Crippen MR) is 104 cm³/mol. The lowest BCUT2D eigenvalue weighted by atomic mass is 10.0. The van der Waals surface area contributed by atoms with Crippen molar-refractivity contribution in [3.8, 4) is 0 Å². The Kier molecular flexibility index (Phi) is 6.41. The number of pyridine rings is 1. The molecule has 2 aromatic heterocycles. The molecule has 0 aliphatic carbocycles. The second-order valence-electron chi connectivity index (χ2n) is 7.10. The monoisotopic (exact) mass is 385 g/mol. The third kappa shape index (κ3) is 4.56. The number of ether oxygens (including phenoxy) is 1. The van der Waals surface area contributed by atoms with Crippen molar-refractivity contribution in [3.63, 3.8) is 0 Å². The number of hydrogen-bond acceptors (Lipinski definition) is 5. The summed E-state index contributed by atoms with van der Waals surface area (Å²) in [6.45, 7) is 3.01. The lowest BCUT2D eigenvalue weighted by molar-refractivity contribution is -0.130. The van der Waals surface area contributed by atoms with Gasteiger partial charge in [0.25, 0.3) is 0 Å². The molecule has 1 aliphatic rings. The van der Waals surface area contributed by atoms with Crippen molar-refractivity contribution in [1.82, 2.24) is 24.8 Å². The van der Waals surface area contributed by atoms with Gasteiger partial charge in [0.1, 0.15) is 12.4 Å². The Balaban J connectivity index is 1.71. The molecule has 0 bridgehead atoms. The van der Waals surface area contributed by atoms with Crippen LogP contribution in [0.5, 0.6) is 0 Å². The number of aromatic nitrogens is 3. The number of methoxy groups -OCH3 is 1. The number of aryl methyl sites for hydroxylation is 2. The molecule has 150 valence electrons. The summed E-state index contributed by atoms with van der Waals surface area (Å²) >= 11 is 0. The minimum absolute atomic E-state index is 0.000511. The van der Waals surface area contributed by atoms with Gasteiger partial charge in [-0.05, 0) is 18.1 Å². The molecule has 3 heterocycles. The van der Waals surface area contributed by atoms with Gasteiger partial charge in [0.15, 0.2) is 0 Å². The molecule has 1 N–H and O–H groups in total. The van der Waals surface area contributed by atoms with Crippen molar-refractivity contribution in [2.45, 2.75) is 31.7 Å². The number of hydrogen-bond donors (Lipinski definition) is 1. The largest absolute Gasteiger partial charge is 0.375 e. The molecule has 1 fully saturated rings. The van der Waals surface area contributed by atoms with Crippen LogP contribution in [0, 0.1) is 0 Å². The van der Waals surface area contributed by atoms with Crippen LogP contribution in [-0.4, -0.2) is 64.1 Å². The van der Waals surface area contributed by atoms with Gasteiger partial charge < -0.3 is 19.5 Å². The fourth-order valence-electron chi connectivity index (χ4n) is 3.56. The zero-order valence-electron chi connectivity index (χ0n) is 16.6. The van der Waals surface area contributed by atoms with Crippen LogP contribution in [0.3, 0.4) is 0 Å². The molecule has 3 rings (SSSR count). The first-order valence-corrected chi connectivity index (χ1v) is 9.49. The van der Waals surface area contributed by atoms with Crippen LogP contribution in [0.15, 0.2) is 30.7 Å². The van der Waals surface area contributed by atoms with Crippen LogP contribution in [0.2, 0.25) is 0 Å². The lowest BCUT2D eigenvalue weighted by Crippen LogP contribution is -2.42. The first-order chi connectivity index (χ1) is 13.5. The van der Waals surface area contributed by atoms with Crippen molar-refractivity contribution in [3.05, 3.63) is 47.8 Å². The molecule has 0 saturated carbocycles. The molecule has 0 radical (unpaired) electrons. The zero-order valence-corrected chi connectivity index (χ0v) is 16.6. The van der Waals surface area contributed by atoms with Gasteiger partial charge in [0.05, 0.1) is 18.4 Å². The highest BCUT2D eigenvalue weighted by Gasteiger charge is 2.39. The number of carbonyl (C=O) groups excluding carboxylic acids is 2. The van der Waals surface area contributed by atoms with Gasteiger partial charge in [0, 0.05) is 51.5 Å². The van der Waals surface area contributed by atoms with Gasteiger partial charge in [-0.2, -0.15) is 0 Å². The van der Waals surface area contributed by atoms with E-state index in [2.05, 4.69) is 22.2 Å². The van der Waals surface area contributed by atoms with E-state index in [1.807, 2.05) is 36.1 Å². The average molecular weight is 385 g/mol. The molecule has 8 heteroatoms. The van der Waals surface area contributed by atoms with Crippen molar-refractivity contribution >= 4 is 11.8 Å². The quantitative estimate of drug-likeness (QED) is 0.757. The van der Waals surface area contributed by atoms with E-state index in [0.29, 0.717) is 13.1 Å². The fraction of sp³-hybridized carbons (Fsp3) is 0.500. The highest BCUT2D eigenvalue weighted by atomic mass is 16.5. The highest BCUT2D eigenvalue weighted by molar-refractivity contribution is 5.80. The van der Waals surface area contributed by atoms with E-state index in [4.69, 9.17) is 4.74 Å². The molecule has 8 nitrogen and oxygen atoms in total. The number of imidazole rings is 1. The number of amides is 2. The van der Waals surface area contributed by atoms with Crippen molar-refractivity contribution in [2.75, 3.05) is 26.8 Å². The topological polar surface area (TPSA) is 89.4 Å². The third-order valence-corrected chi connectivity index (χ3v) is 5.11. The second kappa shape index (κ2) is 8.97. The molecule has 2 atom stereocenters. The molecule has 1 aliphatic heterocycles. The predicted octanol–water partition coefficient (Wildman–Crippen LogP) is 0.677. The van der Waals surface area contributed by atoms with Gasteiger partial charge in [0.2, 0.25) is 11.8 Å². The highest BCUT2D eigenvalue weighted by Crippen LogP contribution is 2.27. The summed E-state index contributed by atoms with van der Waals surface area (Å²) in [5, 5.41) is 2.98. The number of nitrogens with zero attached hydrogens (tertiary/aromatic N) is 4. The first kappa shape index (κ1) is 20.0. The van der Waals surface area contributed by atoms with Crippen molar-refractivity contribution in [2.24, 2.45) is 7.05 Å². The SMILES string of the molecule is CCc1ccc(CC(=O)N2C[C@@H](NC(=O)COC)[C@H](c3nccn3C)C2)nc1. The van der Waals surface area contributed by atoms with Crippen LogP contribution < -0.4 is 5.32 Å². The van der Waals surface area contributed by atoms with Gasteiger partial charge in [-0.15, -0.1) is 0 Å². The summed E-state index contributed by atoms with van der Waals surface area (Å²) in [7, 11) is 3.40. The van der Waals surface area contributed by atoms with E-state index in [9.17, 15) is 9.59 Å². The Morgan fingerprint density at radius 3 is 2.71 bits per heavy atom. The number of nitrogens with one attached hydrogen (secondary N) is 1. The maximum Gasteiger partial charge on any atom is 0.246 e. The summed E-state index contributed by atoms with van der Waals surface area (Å²) in [5.41, 5.74) is 1.90. The summed E-state index contributed by atoms with van der Waals surface area (Å²) in [6, 6.07) is 3.70.